The summed E-state index contributed by atoms with van der Waals surface area (Å²) in [7, 11) is -6.55. The van der Waals surface area contributed by atoms with Crippen molar-refractivity contribution in [3.63, 3.8) is 0 Å². The average Bonchev–Trinajstić information content (AvgIpc) is 2.48. The molecule has 0 N–H and O–H groups in total. The first-order valence-corrected chi connectivity index (χ1v) is 7.13. The largest absolute Gasteiger partial charge is 1.00 e. The Bertz CT molecular complexity index is 507. The Morgan fingerprint density at radius 2 is 1.00 bits per heavy atom. The SMILES string of the molecule is O=S(=O)([O-])C(F)C(F)(F)C(F)C(F)C(F)C(F)C(F)C(F)C(F)F.[Li+]. The molecule has 0 aromatic rings. The Labute approximate surface area is 145 Å². The Hall–Kier alpha value is -0.263. The molecule has 0 saturated carbocycles. The van der Waals surface area contributed by atoms with Crippen LogP contribution < -0.4 is 18.9 Å². The van der Waals surface area contributed by atoms with Crippen LogP contribution in [0.3, 0.4) is 0 Å². The van der Waals surface area contributed by atoms with Crippen LogP contribution in [-0.2, 0) is 10.1 Å². The van der Waals surface area contributed by atoms with Gasteiger partial charge in [0, 0.05) is 0 Å². The molecule has 25 heavy (non-hydrogen) atoms. The van der Waals surface area contributed by atoms with Gasteiger partial charge >= 0.3 is 24.8 Å². The van der Waals surface area contributed by atoms with Crippen LogP contribution in [0.25, 0.3) is 0 Å². The van der Waals surface area contributed by atoms with Gasteiger partial charge in [-0.15, -0.1) is 0 Å². The second kappa shape index (κ2) is 9.61. The number of hydrogen-bond donors (Lipinski definition) is 0. The van der Waals surface area contributed by atoms with Crippen molar-refractivity contribution in [1.29, 1.82) is 0 Å². The monoisotopic (exact) mass is 412 g/mol. The molecular weight excluding hydrogens is 404 g/mol. The minimum Gasteiger partial charge on any atom is -0.746 e. The molecule has 0 radical (unpaired) electrons. The van der Waals surface area contributed by atoms with Crippen LogP contribution in [0.2, 0.25) is 0 Å². The molecule has 7 atom stereocenters. The van der Waals surface area contributed by atoms with E-state index in [0.29, 0.717) is 0 Å². The molecule has 0 aromatic carbocycles. The Balaban J connectivity index is 0. The fraction of sp³-hybridized carbons (Fsp3) is 1.00. The van der Waals surface area contributed by atoms with Gasteiger partial charge < -0.3 is 4.55 Å². The quantitative estimate of drug-likeness (QED) is 0.299. The Morgan fingerprint density at radius 1 is 0.680 bits per heavy atom. The van der Waals surface area contributed by atoms with E-state index in [0.717, 1.165) is 0 Å². The minimum atomic E-state index is -6.55. The zero-order valence-corrected chi connectivity index (χ0v) is 12.7. The maximum absolute atomic E-state index is 13.1. The van der Waals surface area contributed by atoms with E-state index in [1.807, 2.05) is 0 Å². The molecule has 0 aliphatic rings. The van der Waals surface area contributed by atoms with Gasteiger partial charge in [-0.3, -0.25) is 0 Å². The first-order valence-electron chi connectivity index (χ1n) is 5.65. The van der Waals surface area contributed by atoms with Crippen LogP contribution in [0.15, 0.2) is 0 Å². The Kier molecular flexibility index (Phi) is 10.4. The van der Waals surface area contributed by atoms with Crippen molar-refractivity contribution >= 4 is 10.1 Å². The second-order valence-electron chi connectivity index (χ2n) is 4.44. The van der Waals surface area contributed by atoms with E-state index in [-0.39, 0.29) is 18.9 Å². The number of rotatable bonds is 9. The third kappa shape index (κ3) is 6.44. The summed E-state index contributed by atoms with van der Waals surface area (Å²) in [6.45, 7) is 0. The minimum absolute atomic E-state index is 0. The van der Waals surface area contributed by atoms with Crippen LogP contribution >= 0.6 is 0 Å². The number of alkyl halides is 11. The summed E-state index contributed by atoms with van der Waals surface area (Å²) in [5, 5.41) is 0. The van der Waals surface area contributed by atoms with Gasteiger partial charge in [-0.25, -0.2) is 47.9 Å². The van der Waals surface area contributed by atoms with Gasteiger partial charge in [-0.2, -0.15) is 8.78 Å². The molecule has 0 aliphatic carbocycles. The van der Waals surface area contributed by atoms with Crippen molar-refractivity contribution < 1.29 is 80.1 Å². The summed E-state index contributed by atoms with van der Waals surface area (Å²) >= 11 is 0. The second-order valence-corrected chi connectivity index (χ2v) is 5.84. The van der Waals surface area contributed by atoms with Gasteiger partial charge in [0.05, 0.1) is 0 Å². The molecule has 3 nitrogen and oxygen atoms in total. The van der Waals surface area contributed by atoms with Crippen molar-refractivity contribution in [2.24, 2.45) is 0 Å². The topological polar surface area (TPSA) is 57.2 Å². The normalized spacial score (nSPS) is 21.6. The molecule has 0 rings (SSSR count). The zero-order chi connectivity index (χ0) is 19.6. The van der Waals surface area contributed by atoms with E-state index >= 15 is 0 Å². The summed E-state index contributed by atoms with van der Waals surface area (Å²) in [5.41, 5.74) is -4.90. The van der Waals surface area contributed by atoms with Crippen molar-refractivity contribution in [1.82, 2.24) is 0 Å². The smallest absolute Gasteiger partial charge is 0.746 e. The van der Waals surface area contributed by atoms with E-state index in [1.54, 1.807) is 0 Å². The van der Waals surface area contributed by atoms with E-state index in [4.69, 9.17) is 0 Å². The van der Waals surface area contributed by atoms with Crippen LogP contribution in [0.5, 0.6) is 0 Å². The van der Waals surface area contributed by atoms with Gasteiger partial charge in [0.2, 0.25) is 6.17 Å². The Morgan fingerprint density at radius 3 is 1.32 bits per heavy atom. The molecule has 7 unspecified atom stereocenters. The van der Waals surface area contributed by atoms with Crippen molar-refractivity contribution in [3.05, 3.63) is 0 Å². The predicted molar refractivity (Wildman–Crippen MR) is 54.9 cm³/mol. The first kappa shape index (κ1) is 27.0. The first-order chi connectivity index (χ1) is 10.6. The molecule has 16 heteroatoms. The van der Waals surface area contributed by atoms with E-state index < -0.39 is 65.0 Å². The zero-order valence-electron chi connectivity index (χ0n) is 11.9. The molecule has 0 fully saturated rings. The summed E-state index contributed by atoms with van der Waals surface area (Å²) in [6.07, 6.45) is -30.2. The molecule has 0 amide bonds. The summed E-state index contributed by atoms with van der Waals surface area (Å²) in [6, 6.07) is 0. The van der Waals surface area contributed by atoms with Crippen molar-refractivity contribution in [2.75, 3.05) is 0 Å². The molecular formula is C9H8F11LiO3S. The van der Waals surface area contributed by atoms with E-state index in [1.165, 1.54) is 0 Å². The van der Waals surface area contributed by atoms with Crippen LogP contribution in [0.1, 0.15) is 0 Å². The van der Waals surface area contributed by atoms with Crippen molar-refractivity contribution in [3.8, 4) is 0 Å². The predicted octanol–water partition coefficient (Wildman–Crippen LogP) is -0.240. The molecule has 0 heterocycles. The van der Waals surface area contributed by atoms with Gasteiger partial charge in [0.1, 0.15) is 10.1 Å². The number of hydrogen-bond acceptors (Lipinski definition) is 3. The van der Waals surface area contributed by atoms with Gasteiger partial charge in [-0.1, -0.05) is 0 Å². The van der Waals surface area contributed by atoms with E-state index in [9.17, 15) is 61.3 Å². The summed E-state index contributed by atoms with van der Waals surface area (Å²) in [5.74, 6) is -6.02. The van der Waals surface area contributed by atoms with Gasteiger partial charge in [0.25, 0.3) is 11.9 Å². The third-order valence-electron chi connectivity index (χ3n) is 2.66. The van der Waals surface area contributed by atoms with Crippen molar-refractivity contribution in [2.45, 2.75) is 54.9 Å². The molecule has 0 aromatic heterocycles. The van der Waals surface area contributed by atoms with Gasteiger partial charge in [0.15, 0.2) is 30.9 Å². The van der Waals surface area contributed by atoms with E-state index in [2.05, 4.69) is 0 Å². The maximum Gasteiger partial charge on any atom is 1.00 e. The summed E-state index contributed by atoms with van der Waals surface area (Å²) in [4.78, 5) is 0. The fourth-order valence-corrected chi connectivity index (χ4v) is 1.87. The van der Waals surface area contributed by atoms with Crippen LogP contribution in [0, 0.1) is 0 Å². The molecule has 0 spiro atoms. The standard InChI is InChI=1S/C9H9F11O3S.Li/c10-1(3(12)5(14)7(16)17)2(11)4(13)6(15)9(19,20)8(18)24(21,22)23;/h1-8H,(H,21,22,23);/q;+1/p-1. The van der Waals surface area contributed by atoms with Gasteiger partial charge in [-0.05, 0) is 0 Å². The third-order valence-corrected chi connectivity index (χ3v) is 3.48. The molecule has 146 valence electrons. The molecule has 0 bridgehead atoms. The fourth-order valence-electron chi connectivity index (χ4n) is 1.36. The molecule has 0 aliphatic heterocycles. The maximum atomic E-state index is 13.1. The van der Waals surface area contributed by atoms with Crippen LogP contribution in [-0.4, -0.2) is 67.9 Å². The summed E-state index contributed by atoms with van der Waals surface area (Å²) < 4.78 is 169. The van der Waals surface area contributed by atoms with Crippen LogP contribution in [0.4, 0.5) is 48.3 Å². The average molecular weight is 412 g/mol. The molecule has 0 saturated heterocycles. The number of halogens is 11.